The lowest BCUT2D eigenvalue weighted by molar-refractivity contribution is 0.383. The Balaban J connectivity index is 4.95. The Bertz CT molecular complexity index is 281. The summed E-state index contributed by atoms with van der Waals surface area (Å²) >= 11 is 0. The van der Waals surface area contributed by atoms with Gasteiger partial charge in [0.2, 0.25) is 0 Å². The van der Waals surface area contributed by atoms with E-state index in [4.69, 9.17) is 14.3 Å². The summed E-state index contributed by atoms with van der Waals surface area (Å²) in [6, 6.07) is 0. The lowest BCUT2D eigenvalue weighted by Crippen LogP contribution is -2.00. The van der Waals surface area contributed by atoms with Crippen LogP contribution in [0, 0.1) is 0 Å². The number of hydrogen-bond acceptors (Lipinski definition) is 3. The Morgan fingerprint density at radius 3 is 1.70 bits per heavy atom. The summed E-state index contributed by atoms with van der Waals surface area (Å²) in [6.07, 6.45) is 0. The van der Waals surface area contributed by atoms with E-state index in [0.29, 0.717) is 0 Å². The van der Waals surface area contributed by atoms with Gasteiger partial charge in [0, 0.05) is 0 Å². The molecule has 0 fully saturated rings. The molecule has 0 amide bonds. The Morgan fingerprint density at radius 2 is 1.70 bits per heavy atom. The smallest absolute Gasteiger partial charge is 0.321 e. The second-order valence-electron chi connectivity index (χ2n) is 1.41. The van der Waals surface area contributed by atoms with E-state index >= 15 is 0 Å². The van der Waals surface area contributed by atoms with E-state index in [1.165, 1.54) is 0 Å². The third-order valence-electron chi connectivity index (χ3n) is 0.623. The summed E-state index contributed by atoms with van der Waals surface area (Å²) in [5.74, 6) is 0. The van der Waals surface area contributed by atoms with Crippen LogP contribution in [0.3, 0.4) is 0 Å². The molecule has 0 bridgehead atoms. The van der Waals surface area contributed by atoms with Crippen molar-refractivity contribution in [2.75, 3.05) is 0 Å². The fourth-order valence-electron chi connectivity index (χ4n) is 0.150. The summed E-state index contributed by atoms with van der Waals surface area (Å²) in [5.41, 5.74) is 0. The molecule has 10 heavy (non-hydrogen) atoms. The largest absolute Gasteiger partial charge is 0.369 e. The monoisotopic (exact) mass is 188 g/mol. The van der Waals surface area contributed by atoms with Gasteiger partial charge in [-0.15, -0.1) is 0 Å². The van der Waals surface area contributed by atoms with Crippen molar-refractivity contribution in [3.63, 3.8) is 0 Å². The van der Waals surface area contributed by atoms with Crippen LogP contribution in [0.4, 0.5) is 0 Å². The highest BCUT2D eigenvalue weighted by Gasteiger charge is 2.29. The zero-order valence-corrected chi connectivity index (χ0v) is 6.34. The van der Waals surface area contributed by atoms with E-state index in [2.05, 4.69) is 6.58 Å². The van der Waals surface area contributed by atoms with Gasteiger partial charge >= 0.3 is 17.7 Å². The zero-order valence-electron chi connectivity index (χ0n) is 4.63. The minimum atomic E-state index is -4.91. The Hall–Kier alpha value is -0.200. The summed E-state index contributed by atoms with van der Waals surface area (Å²) in [6.45, 7) is 2.50. The van der Waals surface area contributed by atoms with Crippen molar-refractivity contribution < 1.29 is 27.3 Å². The summed E-state index contributed by atoms with van der Waals surface area (Å²) < 4.78 is 36.4. The average molecular weight is 188 g/mol. The van der Waals surface area contributed by atoms with Crippen molar-refractivity contribution in [2.45, 2.75) is 0 Å². The van der Waals surface area contributed by atoms with Crippen LogP contribution >= 0.6 is 7.60 Å². The molecule has 6 nitrogen and oxygen atoms in total. The molecule has 0 aliphatic carbocycles. The molecule has 0 rings (SSSR count). The van der Waals surface area contributed by atoms with Gasteiger partial charge in [-0.05, 0) is 0 Å². The Morgan fingerprint density at radius 1 is 1.40 bits per heavy atom. The van der Waals surface area contributed by atoms with Crippen molar-refractivity contribution in [3.8, 4) is 0 Å². The first-order valence-corrected chi connectivity index (χ1v) is 4.93. The predicted octanol–water partition coefficient (Wildman–Crippen LogP) is -0.477. The van der Waals surface area contributed by atoms with Gasteiger partial charge in [-0.1, -0.05) is 6.58 Å². The van der Waals surface area contributed by atoms with Gasteiger partial charge in [0.05, 0.1) is 0 Å². The van der Waals surface area contributed by atoms with Crippen molar-refractivity contribution in [1.29, 1.82) is 0 Å². The lowest BCUT2D eigenvalue weighted by atomic mass is 11.3. The minimum Gasteiger partial charge on any atom is -0.321 e. The topological polar surface area (TPSA) is 112 Å². The van der Waals surface area contributed by atoms with E-state index in [1.54, 1.807) is 0 Å². The number of hydrogen-bond donors (Lipinski definition) is 3. The second kappa shape index (κ2) is 2.44. The Labute approximate surface area is 57.1 Å². The molecule has 8 heteroatoms. The standard InChI is InChI=1S/C2H5O6PS/c1-2(9(3,4)5)10(6,7)8/h1H2,(H2,3,4,5)(H,6,7,8). The van der Waals surface area contributed by atoms with Gasteiger partial charge in [-0.25, -0.2) is 0 Å². The van der Waals surface area contributed by atoms with Gasteiger partial charge in [-0.2, -0.15) is 8.42 Å². The molecule has 0 heterocycles. The van der Waals surface area contributed by atoms with Crippen molar-refractivity contribution in [3.05, 3.63) is 11.2 Å². The van der Waals surface area contributed by atoms with E-state index < -0.39 is 22.4 Å². The summed E-state index contributed by atoms with van der Waals surface area (Å²) in [4.78, 5) is 16.2. The molecule has 0 aromatic heterocycles. The molecular formula is C2H5O6PS. The van der Waals surface area contributed by atoms with E-state index in [0.717, 1.165) is 0 Å². The molecular weight excluding hydrogens is 183 g/mol. The zero-order chi connectivity index (χ0) is 8.58. The molecule has 3 N–H and O–H groups in total. The summed E-state index contributed by atoms with van der Waals surface area (Å²) in [7, 11) is -9.73. The summed E-state index contributed by atoms with van der Waals surface area (Å²) in [5, 5.41) is 0. The molecule has 0 saturated carbocycles. The van der Waals surface area contributed by atoms with Crippen molar-refractivity contribution in [2.24, 2.45) is 0 Å². The molecule has 0 atom stereocenters. The lowest BCUT2D eigenvalue weighted by Gasteiger charge is -2.01. The third kappa shape index (κ3) is 2.59. The third-order valence-corrected chi connectivity index (χ3v) is 3.27. The van der Waals surface area contributed by atoms with Crippen molar-refractivity contribution >= 4 is 17.7 Å². The van der Waals surface area contributed by atoms with E-state index in [9.17, 15) is 13.0 Å². The highest BCUT2D eigenvalue weighted by atomic mass is 32.2. The van der Waals surface area contributed by atoms with E-state index in [1.807, 2.05) is 0 Å². The molecule has 60 valence electrons. The molecule has 0 spiro atoms. The predicted molar refractivity (Wildman–Crippen MR) is 32.7 cm³/mol. The van der Waals surface area contributed by atoms with E-state index in [-0.39, 0.29) is 0 Å². The molecule has 0 aromatic carbocycles. The molecule has 0 radical (unpaired) electrons. The fraction of sp³-hybridized carbons (Fsp3) is 0. The van der Waals surface area contributed by atoms with Gasteiger partial charge < -0.3 is 9.79 Å². The van der Waals surface area contributed by atoms with Crippen LogP contribution < -0.4 is 0 Å². The first kappa shape index (κ1) is 9.80. The Kier molecular flexibility index (Phi) is 2.40. The van der Waals surface area contributed by atoms with Crippen molar-refractivity contribution in [1.82, 2.24) is 0 Å². The van der Waals surface area contributed by atoms with Gasteiger partial charge in [0.1, 0.15) is 0 Å². The first-order valence-electron chi connectivity index (χ1n) is 1.88. The van der Waals surface area contributed by atoms with Crippen LogP contribution in [-0.4, -0.2) is 22.8 Å². The normalized spacial score (nSPS) is 13.1. The van der Waals surface area contributed by atoms with Crippen LogP contribution in [-0.2, 0) is 14.7 Å². The van der Waals surface area contributed by atoms with Gasteiger partial charge in [0.25, 0.3) is 0 Å². The molecule has 0 saturated heterocycles. The second-order valence-corrected chi connectivity index (χ2v) is 4.79. The maximum Gasteiger partial charge on any atom is 0.369 e. The molecule has 0 aromatic rings. The maximum absolute atomic E-state index is 10.0. The number of rotatable bonds is 2. The van der Waals surface area contributed by atoms with Crippen LogP contribution in [0.5, 0.6) is 0 Å². The quantitative estimate of drug-likeness (QED) is 0.398. The van der Waals surface area contributed by atoms with Crippen LogP contribution in [0.15, 0.2) is 11.2 Å². The van der Waals surface area contributed by atoms with Crippen LogP contribution in [0.25, 0.3) is 0 Å². The highest BCUT2D eigenvalue weighted by molar-refractivity contribution is 7.98. The fourth-order valence-corrected chi connectivity index (χ4v) is 1.35. The molecule has 0 aliphatic heterocycles. The van der Waals surface area contributed by atoms with Gasteiger partial charge in [-0.3, -0.25) is 9.12 Å². The SMILES string of the molecule is C=C(P(=O)(O)O)S(=O)(=O)O. The first-order chi connectivity index (χ1) is 4.15. The highest BCUT2D eigenvalue weighted by Crippen LogP contribution is 2.45. The van der Waals surface area contributed by atoms with Crippen LogP contribution in [0.2, 0.25) is 0 Å². The van der Waals surface area contributed by atoms with Gasteiger partial charge in [0.15, 0.2) is 4.65 Å². The van der Waals surface area contributed by atoms with Crippen LogP contribution in [0.1, 0.15) is 0 Å². The molecule has 0 unspecified atom stereocenters. The minimum absolute atomic E-state index is 1.49. The maximum atomic E-state index is 10.0. The molecule has 0 aliphatic rings. The average Bonchev–Trinajstić information content (AvgIpc) is 1.59.